The van der Waals surface area contributed by atoms with Gasteiger partial charge in [-0.2, -0.15) is 13.2 Å². The lowest BCUT2D eigenvalue weighted by Crippen LogP contribution is -2.44. The lowest BCUT2D eigenvalue weighted by atomic mass is 9.89. The van der Waals surface area contributed by atoms with Crippen LogP contribution >= 0.6 is 22.9 Å². The Kier molecular flexibility index (Phi) is 11.0. The van der Waals surface area contributed by atoms with Crippen LogP contribution in [-0.4, -0.2) is 53.0 Å². The minimum absolute atomic E-state index is 0.00149. The molecule has 3 aromatic carbocycles. The summed E-state index contributed by atoms with van der Waals surface area (Å²) in [5.74, 6) is -3.26. The van der Waals surface area contributed by atoms with E-state index in [9.17, 15) is 22.8 Å². The first kappa shape index (κ1) is 34.1. The van der Waals surface area contributed by atoms with Gasteiger partial charge in [0.15, 0.2) is 5.78 Å². The first-order chi connectivity index (χ1) is 21.3. The molecule has 0 saturated heterocycles. The lowest BCUT2D eigenvalue weighted by Gasteiger charge is -2.37. The Hall–Kier alpha value is -3.80. The van der Waals surface area contributed by atoms with Crippen LogP contribution in [0.25, 0.3) is 21.2 Å². The monoisotopic (exact) mass is 662 g/mol. The second kappa shape index (κ2) is 14.5. The maximum Gasteiger partial charge on any atom is 0.490 e. The van der Waals surface area contributed by atoms with Crippen molar-refractivity contribution in [3.8, 4) is 11.1 Å². The molecule has 0 unspecified atom stereocenters. The highest BCUT2D eigenvalue weighted by Gasteiger charge is 2.38. The van der Waals surface area contributed by atoms with E-state index in [0.717, 1.165) is 46.9 Å². The van der Waals surface area contributed by atoms with Gasteiger partial charge in [-0.3, -0.25) is 9.59 Å². The molecule has 1 amide bonds. The summed E-state index contributed by atoms with van der Waals surface area (Å²) in [6.45, 7) is 1.69. The van der Waals surface area contributed by atoms with Crippen LogP contribution in [0.1, 0.15) is 58.2 Å². The first-order valence-corrected chi connectivity index (χ1v) is 15.3. The molecule has 0 radical (unpaired) electrons. The third kappa shape index (κ3) is 8.27. The van der Waals surface area contributed by atoms with Gasteiger partial charge < -0.3 is 15.3 Å². The molecule has 0 atom stereocenters. The Morgan fingerprint density at radius 2 is 1.58 bits per heavy atom. The molecule has 5 rings (SSSR count). The number of halogens is 5. The summed E-state index contributed by atoms with van der Waals surface area (Å²) in [6, 6.07) is 20.4. The summed E-state index contributed by atoms with van der Waals surface area (Å²) < 4.78 is 47.9. The number of alkyl halides is 3. The molecule has 1 aliphatic rings. The summed E-state index contributed by atoms with van der Waals surface area (Å²) in [7, 11) is 1.97. The Morgan fingerprint density at radius 1 is 0.978 bits per heavy atom. The van der Waals surface area contributed by atoms with Crippen molar-refractivity contribution >= 4 is 50.7 Å². The van der Waals surface area contributed by atoms with Crippen molar-refractivity contribution in [3.63, 3.8) is 0 Å². The van der Waals surface area contributed by atoms with Crippen molar-refractivity contribution in [2.24, 2.45) is 0 Å². The van der Waals surface area contributed by atoms with Crippen molar-refractivity contribution in [1.29, 1.82) is 0 Å². The van der Waals surface area contributed by atoms with Crippen molar-refractivity contribution < 1.29 is 37.1 Å². The molecule has 1 fully saturated rings. The molecule has 2 N–H and O–H groups in total. The fourth-order valence-electron chi connectivity index (χ4n) is 5.28. The number of rotatable bonds is 7. The van der Waals surface area contributed by atoms with Gasteiger partial charge in [-0.15, -0.1) is 11.3 Å². The van der Waals surface area contributed by atoms with Gasteiger partial charge in [-0.05, 0) is 69.0 Å². The zero-order valence-corrected chi connectivity index (χ0v) is 26.0. The molecule has 0 bridgehead atoms. The number of carboxylic acid groups (broad SMARTS) is 1. The van der Waals surface area contributed by atoms with Gasteiger partial charge in [-0.1, -0.05) is 60.1 Å². The lowest BCUT2D eigenvalue weighted by molar-refractivity contribution is -0.192. The number of nitrogens with one attached hydrogen (secondary N) is 1. The van der Waals surface area contributed by atoms with Crippen LogP contribution in [-0.2, 0) is 11.3 Å². The highest BCUT2D eigenvalue weighted by molar-refractivity contribution is 7.21. The molecule has 0 aliphatic heterocycles. The highest BCUT2D eigenvalue weighted by Crippen LogP contribution is 2.38. The van der Waals surface area contributed by atoms with E-state index in [2.05, 4.69) is 5.32 Å². The topological polar surface area (TPSA) is 86.7 Å². The first-order valence-electron chi connectivity index (χ1n) is 14.1. The third-order valence-corrected chi connectivity index (χ3v) is 9.45. The van der Waals surface area contributed by atoms with Gasteiger partial charge >= 0.3 is 12.1 Å². The van der Waals surface area contributed by atoms with Crippen LogP contribution in [0.4, 0.5) is 17.6 Å². The quantitative estimate of drug-likeness (QED) is 0.153. The van der Waals surface area contributed by atoms with Crippen molar-refractivity contribution in [1.82, 2.24) is 10.2 Å². The number of carbonyl (C=O) groups is 3. The SMILES string of the molecule is CNC1CCC(N(Cc2cc(-c3ccc(C(C)=O)cc3)ccc2F)C(=O)c2sc3ccccc3c2Cl)CC1.O=C(O)C(F)(F)F. The fraction of sp³-hybridized carbons (Fsp3) is 0.303. The predicted molar refractivity (Wildman–Crippen MR) is 167 cm³/mol. The summed E-state index contributed by atoms with van der Waals surface area (Å²) in [4.78, 5) is 36.9. The molecule has 238 valence electrons. The minimum atomic E-state index is -5.08. The maximum absolute atomic E-state index is 15.2. The third-order valence-electron chi connectivity index (χ3n) is 7.79. The largest absolute Gasteiger partial charge is 0.490 e. The van der Waals surface area contributed by atoms with Crippen molar-refractivity contribution in [2.75, 3.05) is 7.05 Å². The minimum Gasteiger partial charge on any atom is -0.475 e. The summed E-state index contributed by atoms with van der Waals surface area (Å²) in [6.07, 6.45) is -1.49. The van der Waals surface area contributed by atoms with E-state index >= 15 is 4.39 Å². The van der Waals surface area contributed by atoms with Crippen molar-refractivity contribution in [2.45, 2.75) is 57.4 Å². The maximum atomic E-state index is 15.2. The van der Waals surface area contributed by atoms with Gasteiger partial charge in [0, 0.05) is 39.8 Å². The molecule has 1 heterocycles. The van der Waals surface area contributed by atoms with E-state index < -0.39 is 12.1 Å². The molecule has 4 aromatic rings. The molecule has 1 aliphatic carbocycles. The smallest absolute Gasteiger partial charge is 0.475 e. The number of Topliss-reactive ketones (excluding diaryl/α,β-unsaturated/α-hetero) is 1. The van der Waals surface area contributed by atoms with E-state index in [4.69, 9.17) is 21.5 Å². The van der Waals surface area contributed by atoms with Gasteiger partial charge in [0.2, 0.25) is 0 Å². The van der Waals surface area contributed by atoms with Gasteiger partial charge in [-0.25, -0.2) is 9.18 Å². The Bertz CT molecular complexity index is 1680. The number of fused-ring (bicyclic) bond motifs is 1. The average Bonchev–Trinajstić information content (AvgIpc) is 3.36. The molecule has 12 heteroatoms. The standard InChI is InChI=1S/C31H30ClFN2O2S.C2HF3O2/c1-19(36)20-7-9-21(10-8-20)22-11-16-27(33)23(17-22)18-35(25-14-12-24(34-2)13-15-25)31(37)30-29(32)26-5-3-4-6-28(26)38-30;3-2(4,5)1(6)7/h3-11,16-17,24-25,34H,12-15,18H2,1-2H3;(H,6,7). The molecule has 1 aromatic heterocycles. The van der Waals surface area contributed by atoms with Crippen LogP contribution in [0.3, 0.4) is 0 Å². The van der Waals surface area contributed by atoms with E-state index in [-0.39, 0.29) is 30.1 Å². The van der Waals surface area contributed by atoms with Crippen LogP contribution < -0.4 is 5.32 Å². The summed E-state index contributed by atoms with van der Waals surface area (Å²) >= 11 is 8.10. The van der Waals surface area contributed by atoms with E-state index in [1.54, 1.807) is 18.2 Å². The van der Waals surface area contributed by atoms with E-state index in [0.29, 0.717) is 27.1 Å². The van der Waals surface area contributed by atoms with Gasteiger partial charge in [0.1, 0.15) is 10.7 Å². The predicted octanol–water partition coefficient (Wildman–Crippen LogP) is 8.37. The molecular weight excluding hydrogens is 632 g/mol. The normalized spacial score (nSPS) is 16.5. The highest BCUT2D eigenvalue weighted by atomic mass is 35.5. The second-order valence-corrected chi connectivity index (χ2v) is 12.1. The number of aliphatic carboxylic acids is 1. The Labute approximate surface area is 266 Å². The zero-order chi connectivity index (χ0) is 32.9. The number of benzene rings is 3. The molecule has 45 heavy (non-hydrogen) atoms. The van der Waals surface area contributed by atoms with Gasteiger partial charge in [0.05, 0.1) is 5.02 Å². The number of hydrogen-bond donors (Lipinski definition) is 2. The molecule has 6 nitrogen and oxygen atoms in total. The molecular formula is C33H31ClF4N2O4S. The molecule has 1 saturated carbocycles. The van der Waals surface area contributed by atoms with Crippen LogP contribution in [0.5, 0.6) is 0 Å². The van der Waals surface area contributed by atoms with Crippen molar-refractivity contribution in [3.05, 3.63) is 93.6 Å². The van der Waals surface area contributed by atoms with Crippen LogP contribution in [0, 0.1) is 5.82 Å². The summed E-state index contributed by atoms with van der Waals surface area (Å²) in [5, 5.41) is 11.8. The number of ketones is 1. The molecule has 0 spiro atoms. The second-order valence-electron chi connectivity index (χ2n) is 10.7. The summed E-state index contributed by atoms with van der Waals surface area (Å²) in [5.41, 5.74) is 2.81. The Morgan fingerprint density at radius 3 is 2.13 bits per heavy atom. The number of nitrogens with zero attached hydrogens (tertiary/aromatic N) is 1. The number of carbonyl (C=O) groups excluding carboxylic acids is 2. The van der Waals surface area contributed by atoms with Crippen LogP contribution in [0.15, 0.2) is 66.7 Å². The number of carboxylic acids is 1. The van der Waals surface area contributed by atoms with Gasteiger partial charge in [0.25, 0.3) is 5.91 Å². The van der Waals surface area contributed by atoms with Crippen LogP contribution in [0.2, 0.25) is 5.02 Å². The average molecular weight is 663 g/mol. The zero-order valence-electron chi connectivity index (χ0n) is 24.5. The van der Waals surface area contributed by atoms with E-state index in [1.165, 1.54) is 24.3 Å². The number of thiophene rings is 1. The number of hydrogen-bond acceptors (Lipinski definition) is 5. The van der Waals surface area contributed by atoms with E-state index in [1.807, 2.05) is 54.4 Å². The fourth-order valence-corrected chi connectivity index (χ4v) is 6.75. The number of amides is 1. The Balaban J connectivity index is 0.000000591.